The quantitative estimate of drug-likeness (QED) is 0.913. The summed E-state index contributed by atoms with van der Waals surface area (Å²) in [5, 5.41) is 2.86. The number of aromatic nitrogens is 1. The lowest BCUT2D eigenvalue weighted by molar-refractivity contribution is -0.154. The summed E-state index contributed by atoms with van der Waals surface area (Å²) >= 11 is 0. The number of carbonyl (C=O) groups is 2. The second-order valence-electron chi connectivity index (χ2n) is 6.28. The standard InChI is InChI=1S/C20H21N3O2/c1-20(19(25)22-17-10-13-21-14-11-17)12-15-23(20)18(24)9-5-8-16-6-3-2-4-7-16/h2-8,10-11,13-14H,9,12,15H2,1H3,(H,21,22,25)/b8-5+. The summed E-state index contributed by atoms with van der Waals surface area (Å²) in [6.07, 6.45) is 7.96. The van der Waals surface area contributed by atoms with E-state index in [1.54, 1.807) is 29.4 Å². The summed E-state index contributed by atoms with van der Waals surface area (Å²) in [7, 11) is 0. The SMILES string of the molecule is CC1(C(=O)Nc2ccncc2)CCN1C(=O)C/C=C/c1ccccc1. The van der Waals surface area contributed by atoms with Crippen LogP contribution in [0.15, 0.2) is 60.9 Å². The first-order valence-corrected chi connectivity index (χ1v) is 8.33. The number of nitrogens with zero attached hydrogens (tertiary/aromatic N) is 2. The van der Waals surface area contributed by atoms with Gasteiger partial charge >= 0.3 is 0 Å². The number of nitrogens with one attached hydrogen (secondary N) is 1. The van der Waals surface area contributed by atoms with Crippen LogP contribution in [0.3, 0.4) is 0 Å². The summed E-state index contributed by atoms with van der Waals surface area (Å²) in [5.41, 5.74) is 0.947. The zero-order valence-electron chi connectivity index (χ0n) is 14.2. The van der Waals surface area contributed by atoms with Crippen LogP contribution in [-0.2, 0) is 9.59 Å². The monoisotopic (exact) mass is 335 g/mol. The summed E-state index contributed by atoms with van der Waals surface area (Å²) in [6, 6.07) is 13.3. The molecule has 1 saturated heterocycles. The van der Waals surface area contributed by atoms with Crippen LogP contribution in [-0.4, -0.2) is 33.8 Å². The Labute approximate surface area is 147 Å². The van der Waals surface area contributed by atoms with Crippen LogP contribution >= 0.6 is 0 Å². The van der Waals surface area contributed by atoms with E-state index in [9.17, 15) is 9.59 Å². The molecule has 1 N–H and O–H groups in total. The van der Waals surface area contributed by atoms with Gasteiger partial charge in [-0.3, -0.25) is 14.6 Å². The first kappa shape index (κ1) is 16.9. The molecule has 1 aliphatic heterocycles. The zero-order valence-corrected chi connectivity index (χ0v) is 14.2. The van der Waals surface area contributed by atoms with Crippen molar-refractivity contribution in [1.82, 2.24) is 9.88 Å². The maximum atomic E-state index is 12.6. The molecule has 0 aliphatic carbocycles. The molecule has 0 radical (unpaired) electrons. The highest BCUT2D eigenvalue weighted by Crippen LogP contribution is 2.32. The van der Waals surface area contributed by atoms with E-state index in [4.69, 9.17) is 0 Å². The van der Waals surface area contributed by atoms with E-state index in [0.29, 0.717) is 18.7 Å². The van der Waals surface area contributed by atoms with Crippen molar-refractivity contribution in [2.75, 3.05) is 11.9 Å². The van der Waals surface area contributed by atoms with Gasteiger partial charge in [-0.2, -0.15) is 0 Å². The third-order valence-electron chi connectivity index (χ3n) is 4.55. The van der Waals surface area contributed by atoms with Crippen molar-refractivity contribution >= 4 is 23.6 Å². The molecule has 0 saturated carbocycles. The third-order valence-corrected chi connectivity index (χ3v) is 4.55. The molecule has 3 rings (SSSR count). The lowest BCUT2D eigenvalue weighted by Crippen LogP contribution is -2.66. The van der Waals surface area contributed by atoms with Crippen molar-refractivity contribution in [2.45, 2.75) is 25.3 Å². The molecule has 1 aliphatic rings. The van der Waals surface area contributed by atoms with E-state index in [1.165, 1.54) is 0 Å². The third kappa shape index (κ3) is 3.76. The minimum Gasteiger partial charge on any atom is -0.328 e. The van der Waals surface area contributed by atoms with Gasteiger partial charge < -0.3 is 10.2 Å². The highest BCUT2D eigenvalue weighted by Gasteiger charge is 2.48. The molecule has 5 heteroatoms. The van der Waals surface area contributed by atoms with Gasteiger partial charge in [0.2, 0.25) is 11.8 Å². The molecule has 2 heterocycles. The van der Waals surface area contributed by atoms with Gasteiger partial charge in [-0.25, -0.2) is 0 Å². The molecule has 128 valence electrons. The number of rotatable bonds is 5. The Morgan fingerprint density at radius 1 is 1.20 bits per heavy atom. The highest BCUT2D eigenvalue weighted by molar-refractivity contribution is 6.01. The van der Waals surface area contributed by atoms with E-state index in [-0.39, 0.29) is 18.2 Å². The Kier molecular flexibility index (Phi) is 4.93. The average Bonchev–Trinajstić information content (AvgIpc) is 2.62. The zero-order chi connectivity index (χ0) is 17.7. The van der Waals surface area contributed by atoms with Crippen molar-refractivity contribution < 1.29 is 9.59 Å². The van der Waals surface area contributed by atoms with Crippen molar-refractivity contribution in [3.63, 3.8) is 0 Å². The second-order valence-corrected chi connectivity index (χ2v) is 6.28. The fraction of sp³-hybridized carbons (Fsp3) is 0.250. The maximum absolute atomic E-state index is 12.6. The highest BCUT2D eigenvalue weighted by atomic mass is 16.2. The minimum absolute atomic E-state index is 0.0363. The van der Waals surface area contributed by atoms with E-state index in [1.807, 2.05) is 49.4 Å². The van der Waals surface area contributed by atoms with Crippen LogP contribution in [0.25, 0.3) is 6.08 Å². The number of amides is 2. The molecule has 1 unspecified atom stereocenters. The predicted molar refractivity (Wildman–Crippen MR) is 97.7 cm³/mol. The number of hydrogen-bond donors (Lipinski definition) is 1. The van der Waals surface area contributed by atoms with Gasteiger partial charge in [0.1, 0.15) is 5.54 Å². The van der Waals surface area contributed by atoms with Crippen molar-refractivity contribution in [1.29, 1.82) is 0 Å². The molecule has 0 spiro atoms. The maximum Gasteiger partial charge on any atom is 0.250 e. The molecule has 1 aromatic carbocycles. The number of hydrogen-bond acceptors (Lipinski definition) is 3. The van der Waals surface area contributed by atoms with E-state index in [0.717, 1.165) is 5.56 Å². The summed E-state index contributed by atoms with van der Waals surface area (Å²) in [5.74, 6) is -0.198. The van der Waals surface area contributed by atoms with Gasteiger partial charge in [-0.05, 0) is 31.0 Å². The lowest BCUT2D eigenvalue weighted by atomic mass is 9.85. The Balaban J connectivity index is 1.59. The fourth-order valence-electron chi connectivity index (χ4n) is 2.87. The summed E-state index contributed by atoms with van der Waals surface area (Å²) in [6.45, 7) is 2.42. The lowest BCUT2D eigenvalue weighted by Gasteiger charge is -2.49. The van der Waals surface area contributed by atoms with Crippen molar-refractivity contribution in [2.24, 2.45) is 0 Å². The summed E-state index contributed by atoms with van der Waals surface area (Å²) < 4.78 is 0. The molecule has 25 heavy (non-hydrogen) atoms. The molecule has 1 fully saturated rings. The second kappa shape index (κ2) is 7.30. The van der Waals surface area contributed by atoms with Gasteiger partial charge in [-0.15, -0.1) is 0 Å². The van der Waals surface area contributed by atoms with Gasteiger partial charge in [0.25, 0.3) is 0 Å². The van der Waals surface area contributed by atoms with Crippen LogP contribution in [0.5, 0.6) is 0 Å². The number of benzene rings is 1. The van der Waals surface area contributed by atoms with Crippen LogP contribution in [0.1, 0.15) is 25.3 Å². The molecule has 2 aromatic rings. The van der Waals surface area contributed by atoms with Crippen molar-refractivity contribution in [3.8, 4) is 0 Å². The summed E-state index contributed by atoms with van der Waals surface area (Å²) in [4.78, 5) is 30.6. The normalized spacial score (nSPS) is 19.5. The molecule has 5 nitrogen and oxygen atoms in total. The van der Waals surface area contributed by atoms with E-state index in [2.05, 4.69) is 10.3 Å². The van der Waals surface area contributed by atoms with Crippen molar-refractivity contribution in [3.05, 3.63) is 66.5 Å². The van der Waals surface area contributed by atoms with Crippen LogP contribution in [0, 0.1) is 0 Å². The number of pyridine rings is 1. The fourth-order valence-corrected chi connectivity index (χ4v) is 2.87. The Morgan fingerprint density at radius 2 is 1.92 bits per heavy atom. The van der Waals surface area contributed by atoms with Gasteiger partial charge in [0, 0.05) is 31.0 Å². The van der Waals surface area contributed by atoms with Gasteiger partial charge in [0.15, 0.2) is 0 Å². The molecule has 1 aromatic heterocycles. The van der Waals surface area contributed by atoms with Crippen LogP contribution < -0.4 is 5.32 Å². The topological polar surface area (TPSA) is 62.3 Å². The number of anilines is 1. The molecule has 2 amide bonds. The average molecular weight is 335 g/mol. The Hall–Kier alpha value is -2.95. The first-order chi connectivity index (χ1) is 12.1. The van der Waals surface area contributed by atoms with Crippen LogP contribution in [0.4, 0.5) is 5.69 Å². The largest absolute Gasteiger partial charge is 0.328 e. The van der Waals surface area contributed by atoms with Crippen LogP contribution in [0.2, 0.25) is 0 Å². The van der Waals surface area contributed by atoms with E-state index >= 15 is 0 Å². The molecular weight excluding hydrogens is 314 g/mol. The molecular formula is C20H21N3O2. The first-order valence-electron chi connectivity index (χ1n) is 8.33. The smallest absolute Gasteiger partial charge is 0.250 e. The molecule has 1 atom stereocenters. The number of carbonyl (C=O) groups excluding carboxylic acids is 2. The minimum atomic E-state index is -0.791. The Bertz CT molecular complexity index is 774. The molecule has 0 bridgehead atoms. The van der Waals surface area contributed by atoms with E-state index < -0.39 is 5.54 Å². The van der Waals surface area contributed by atoms with Gasteiger partial charge in [-0.1, -0.05) is 42.5 Å². The number of likely N-dealkylation sites (tertiary alicyclic amines) is 1. The predicted octanol–water partition coefficient (Wildman–Crippen LogP) is 3.11. The Morgan fingerprint density at radius 3 is 2.56 bits per heavy atom. The van der Waals surface area contributed by atoms with Gasteiger partial charge in [0.05, 0.1) is 0 Å².